The molecule has 0 radical (unpaired) electrons. The fourth-order valence-corrected chi connectivity index (χ4v) is 4.68. The van der Waals surface area contributed by atoms with Crippen LogP contribution in [0, 0.1) is 5.92 Å². The standard InChI is InChI=1S/C21H20F7N3O2/c1-31-7-9(19(33)30-14(8-32)17(22)20(23,24)25)5-11-10-3-2-4-13-16(10)12(6-15(11)31)18(29-13)21(26,27)28/h2-5,9,14-15,17,29,32H,6-8H2,1H3,(H,30,33). The molecule has 4 rings (SSSR count). The number of aliphatic hydroxyl groups is 1. The lowest BCUT2D eigenvalue weighted by Crippen LogP contribution is -2.53. The van der Waals surface area contributed by atoms with E-state index < -0.39 is 54.7 Å². The molecule has 33 heavy (non-hydrogen) atoms. The van der Waals surface area contributed by atoms with Gasteiger partial charge in [0.2, 0.25) is 12.1 Å². The summed E-state index contributed by atoms with van der Waals surface area (Å²) in [5.41, 5.74) is 0.643. The van der Waals surface area contributed by atoms with Gasteiger partial charge in [0, 0.05) is 23.5 Å². The Morgan fingerprint density at radius 2 is 1.97 bits per heavy atom. The van der Waals surface area contributed by atoms with Crippen LogP contribution in [0.3, 0.4) is 0 Å². The van der Waals surface area contributed by atoms with Crippen LogP contribution in [0.2, 0.25) is 0 Å². The Labute approximate surface area is 183 Å². The number of rotatable bonds is 4. The molecule has 2 heterocycles. The molecule has 0 bridgehead atoms. The normalized spacial score (nSPS) is 23.1. The van der Waals surface area contributed by atoms with Crippen LogP contribution in [0.5, 0.6) is 0 Å². The number of halogens is 7. The first-order valence-electron chi connectivity index (χ1n) is 10.1. The summed E-state index contributed by atoms with van der Waals surface area (Å²) in [7, 11) is 1.60. The van der Waals surface area contributed by atoms with E-state index in [1.54, 1.807) is 24.1 Å². The molecule has 0 fully saturated rings. The zero-order chi connectivity index (χ0) is 24.3. The summed E-state index contributed by atoms with van der Waals surface area (Å²) >= 11 is 0. The number of H-pyrrole nitrogens is 1. The average molecular weight is 479 g/mol. The first-order valence-corrected chi connectivity index (χ1v) is 10.1. The van der Waals surface area contributed by atoms with Gasteiger partial charge in [0.15, 0.2) is 0 Å². The molecule has 4 atom stereocenters. The van der Waals surface area contributed by atoms with Gasteiger partial charge in [-0.3, -0.25) is 9.69 Å². The second kappa shape index (κ2) is 8.01. The number of carbonyl (C=O) groups is 1. The Morgan fingerprint density at radius 3 is 2.58 bits per heavy atom. The van der Waals surface area contributed by atoms with Crippen molar-refractivity contribution >= 4 is 22.4 Å². The molecule has 0 spiro atoms. The van der Waals surface area contributed by atoms with Gasteiger partial charge in [0.25, 0.3) is 0 Å². The summed E-state index contributed by atoms with van der Waals surface area (Å²) in [6, 6.07) is 2.06. The maximum Gasteiger partial charge on any atom is 0.431 e. The van der Waals surface area contributed by atoms with Crippen molar-refractivity contribution in [3.8, 4) is 0 Å². The van der Waals surface area contributed by atoms with E-state index in [1.807, 2.05) is 5.32 Å². The molecule has 4 unspecified atom stereocenters. The Bertz CT molecular complexity index is 1110. The largest absolute Gasteiger partial charge is 0.431 e. The third kappa shape index (κ3) is 4.10. The predicted octanol–water partition coefficient (Wildman–Crippen LogP) is 3.43. The molecular formula is C21H20F7N3O2. The van der Waals surface area contributed by atoms with Gasteiger partial charge in [0.1, 0.15) is 5.69 Å². The lowest BCUT2D eigenvalue weighted by molar-refractivity contribution is -0.191. The summed E-state index contributed by atoms with van der Waals surface area (Å²) in [5, 5.41) is 11.5. The van der Waals surface area contributed by atoms with Gasteiger partial charge in [0.05, 0.1) is 18.6 Å². The van der Waals surface area contributed by atoms with Crippen molar-refractivity contribution in [3.05, 3.63) is 41.1 Å². The highest BCUT2D eigenvalue weighted by Gasteiger charge is 2.47. The van der Waals surface area contributed by atoms with Gasteiger partial charge in [-0.15, -0.1) is 0 Å². The molecular weight excluding hydrogens is 459 g/mol. The van der Waals surface area contributed by atoms with Crippen LogP contribution in [0.25, 0.3) is 16.5 Å². The molecule has 12 heteroatoms. The smallest absolute Gasteiger partial charge is 0.394 e. The molecule has 1 amide bonds. The maximum absolute atomic E-state index is 13.6. The number of alkyl halides is 7. The molecule has 1 aromatic carbocycles. The molecule has 2 aliphatic rings. The Balaban J connectivity index is 1.70. The SMILES string of the molecule is CN1CC(C(=O)NC(CO)C(F)C(F)(F)F)C=C2c3cccc4[nH]c(C(F)(F)F)c(c34)CC21. The number of aliphatic hydroxyl groups excluding tert-OH is 1. The van der Waals surface area contributed by atoms with Gasteiger partial charge >= 0.3 is 12.4 Å². The fourth-order valence-electron chi connectivity index (χ4n) is 4.68. The average Bonchev–Trinajstić information content (AvgIpc) is 3.11. The number of hydrogen-bond acceptors (Lipinski definition) is 3. The van der Waals surface area contributed by atoms with Crippen LogP contribution in [0.4, 0.5) is 30.7 Å². The number of nitrogens with zero attached hydrogens (tertiary/aromatic N) is 1. The van der Waals surface area contributed by atoms with Crippen molar-refractivity contribution < 1.29 is 40.6 Å². The molecule has 2 aromatic rings. The van der Waals surface area contributed by atoms with E-state index in [1.165, 1.54) is 12.1 Å². The van der Waals surface area contributed by atoms with Crippen molar-refractivity contribution in [2.24, 2.45) is 5.92 Å². The van der Waals surface area contributed by atoms with Crippen LogP contribution in [0.15, 0.2) is 24.3 Å². The molecule has 1 aliphatic carbocycles. The highest BCUT2D eigenvalue weighted by Crippen LogP contribution is 2.45. The predicted molar refractivity (Wildman–Crippen MR) is 105 cm³/mol. The van der Waals surface area contributed by atoms with Crippen molar-refractivity contribution in [3.63, 3.8) is 0 Å². The minimum atomic E-state index is -5.26. The van der Waals surface area contributed by atoms with E-state index in [4.69, 9.17) is 5.11 Å². The van der Waals surface area contributed by atoms with Crippen molar-refractivity contribution in [2.75, 3.05) is 20.2 Å². The molecule has 5 nitrogen and oxygen atoms in total. The zero-order valence-corrected chi connectivity index (χ0v) is 17.2. The van der Waals surface area contributed by atoms with E-state index in [0.29, 0.717) is 16.5 Å². The maximum atomic E-state index is 13.6. The lowest BCUT2D eigenvalue weighted by atomic mass is 9.79. The number of carbonyl (C=O) groups excluding carboxylic acids is 1. The zero-order valence-electron chi connectivity index (χ0n) is 17.2. The van der Waals surface area contributed by atoms with Crippen LogP contribution < -0.4 is 5.32 Å². The van der Waals surface area contributed by atoms with Crippen LogP contribution in [-0.2, 0) is 17.4 Å². The molecule has 0 saturated heterocycles. The number of aromatic amines is 1. The van der Waals surface area contributed by atoms with Crippen molar-refractivity contribution in [1.29, 1.82) is 0 Å². The number of hydrogen-bond donors (Lipinski definition) is 3. The van der Waals surface area contributed by atoms with Crippen LogP contribution >= 0.6 is 0 Å². The van der Waals surface area contributed by atoms with E-state index >= 15 is 0 Å². The van der Waals surface area contributed by atoms with Gasteiger partial charge in [-0.1, -0.05) is 18.2 Å². The van der Waals surface area contributed by atoms with Gasteiger partial charge in [-0.25, -0.2) is 4.39 Å². The second-order valence-electron chi connectivity index (χ2n) is 8.33. The summed E-state index contributed by atoms with van der Waals surface area (Å²) < 4.78 is 92.4. The van der Waals surface area contributed by atoms with E-state index in [2.05, 4.69) is 4.98 Å². The molecule has 3 N–H and O–H groups in total. The third-order valence-corrected chi connectivity index (χ3v) is 6.20. The number of nitrogens with one attached hydrogen (secondary N) is 2. The molecule has 180 valence electrons. The molecule has 0 saturated carbocycles. The van der Waals surface area contributed by atoms with E-state index in [-0.39, 0.29) is 24.0 Å². The van der Waals surface area contributed by atoms with Crippen molar-refractivity contribution in [1.82, 2.24) is 15.2 Å². The van der Waals surface area contributed by atoms with E-state index in [9.17, 15) is 35.5 Å². The number of amides is 1. The highest BCUT2D eigenvalue weighted by molar-refractivity contribution is 6.00. The third-order valence-electron chi connectivity index (χ3n) is 6.20. The lowest BCUT2D eigenvalue weighted by Gasteiger charge is -2.40. The first-order chi connectivity index (χ1) is 15.3. The molecule has 1 aromatic heterocycles. The summed E-state index contributed by atoms with van der Waals surface area (Å²) in [5.74, 6) is -1.91. The van der Waals surface area contributed by atoms with Crippen LogP contribution in [-0.4, -0.2) is 65.5 Å². The monoisotopic (exact) mass is 479 g/mol. The molecule has 1 aliphatic heterocycles. The number of fused-ring (bicyclic) bond motifs is 2. The first kappa shape index (κ1) is 23.6. The van der Waals surface area contributed by atoms with Gasteiger partial charge in [-0.05, 0) is 36.2 Å². The minimum absolute atomic E-state index is 0.00178. The number of likely N-dealkylation sites (N-methyl/N-ethyl adjacent to an activating group) is 1. The van der Waals surface area contributed by atoms with Crippen LogP contribution in [0.1, 0.15) is 16.8 Å². The van der Waals surface area contributed by atoms with Crippen molar-refractivity contribution in [2.45, 2.75) is 37.0 Å². The quantitative estimate of drug-likeness (QED) is 0.589. The number of aromatic nitrogens is 1. The minimum Gasteiger partial charge on any atom is -0.394 e. The Kier molecular flexibility index (Phi) is 5.72. The van der Waals surface area contributed by atoms with Gasteiger partial charge in [-0.2, -0.15) is 26.3 Å². The second-order valence-corrected chi connectivity index (χ2v) is 8.33. The summed E-state index contributed by atoms with van der Waals surface area (Å²) in [6.45, 7) is -1.25. The van der Waals surface area contributed by atoms with E-state index in [0.717, 1.165) is 0 Å². The highest BCUT2D eigenvalue weighted by atomic mass is 19.4. The topological polar surface area (TPSA) is 68.4 Å². The Morgan fingerprint density at radius 1 is 1.27 bits per heavy atom. The summed E-state index contributed by atoms with van der Waals surface area (Å²) in [6.07, 6.45) is -11.7. The van der Waals surface area contributed by atoms with Gasteiger partial charge < -0.3 is 15.4 Å². The number of benzene rings is 1. The fraction of sp³-hybridized carbons (Fsp3) is 0.476. The summed E-state index contributed by atoms with van der Waals surface area (Å²) in [4.78, 5) is 16.7. The Hall–Kier alpha value is -2.60.